The highest BCUT2D eigenvalue weighted by atomic mass is 15.1. The molecule has 0 spiro atoms. The first-order valence-electron chi connectivity index (χ1n) is 7.44. The molecule has 1 aromatic rings. The molecule has 3 nitrogen and oxygen atoms in total. The minimum Gasteiger partial charge on any atom is -0.331 e. The van der Waals surface area contributed by atoms with Crippen molar-refractivity contribution in [3.63, 3.8) is 0 Å². The van der Waals surface area contributed by atoms with Gasteiger partial charge in [-0.15, -0.1) is 0 Å². The summed E-state index contributed by atoms with van der Waals surface area (Å²) < 4.78 is 2.60. The third-order valence-electron chi connectivity index (χ3n) is 5.08. The molecule has 0 aromatic carbocycles. The van der Waals surface area contributed by atoms with E-state index in [0.29, 0.717) is 5.41 Å². The van der Waals surface area contributed by atoms with Gasteiger partial charge in [-0.25, -0.2) is 4.98 Å². The van der Waals surface area contributed by atoms with Crippen molar-refractivity contribution in [2.24, 2.45) is 11.3 Å². The van der Waals surface area contributed by atoms with E-state index in [1.54, 1.807) is 5.69 Å². The molecule has 3 heteroatoms. The Morgan fingerprint density at radius 3 is 2.83 bits per heavy atom. The van der Waals surface area contributed by atoms with Gasteiger partial charge in [-0.3, -0.25) is 0 Å². The Bertz CT molecular complexity index is 482. The highest BCUT2D eigenvalue weighted by molar-refractivity contribution is 5.24. The summed E-state index contributed by atoms with van der Waals surface area (Å²) in [6.45, 7) is 8.13. The Hall–Kier alpha value is -0.830. The second kappa shape index (κ2) is 3.60. The first kappa shape index (κ1) is 11.0. The minimum absolute atomic E-state index is 0.574. The molecule has 1 aromatic heterocycles. The van der Waals surface area contributed by atoms with E-state index in [2.05, 4.69) is 23.7 Å². The molecule has 18 heavy (non-hydrogen) atoms. The van der Waals surface area contributed by atoms with Crippen molar-refractivity contribution in [2.45, 2.75) is 58.5 Å². The van der Waals surface area contributed by atoms with E-state index in [-0.39, 0.29) is 0 Å². The molecule has 2 aliphatic carbocycles. The van der Waals surface area contributed by atoms with Crippen molar-refractivity contribution in [2.75, 3.05) is 6.54 Å². The van der Waals surface area contributed by atoms with Gasteiger partial charge in [0, 0.05) is 37.7 Å². The molecular weight excluding hydrogens is 222 g/mol. The summed E-state index contributed by atoms with van der Waals surface area (Å²) in [5.74, 6) is 3.06. The molecule has 1 atom stereocenters. The molecule has 2 saturated carbocycles. The van der Waals surface area contributed by atoms with Gasteiger partial charge in [-0.1, -0.05) is 13.8 Å². The smallest absolute Gasteiger partial charge is 0.112 e. The fraction of sp³-hybridized carbons (Fsp3) is 0.800. The summed E-state index contributed by atoms with van der Waals surface area (Å²) in [6.07, 6.45) is 5.28. The van der Waals surface area contributed by atoms with E-state index >= 15 is 0 Å². The van der Waals surface area contributed by atoms with Gasteiger partial charge in [-0.05, 0) is 30.6 Å². The second-order valence-corrected chi connectivity index (χ2v) is 7.06. The zero-order valence-electron chi connectivity index (χ0n) is 11.5. The molecule has 98 valence electrons. The number of nitrogens with zero attached hydrogens (tertiary/aromatic N) is 2. The van der Waals surface area contributed by atoms with E-state index in [9.17, 15) is 0 Å². The van der Waals surface area contributed by atoms with Crippen LogP contribution in [0, 0.1) is 11.3 Å². The van der Waals surface area contributed by atoms with Crippen molar-refractivity contribution in [1.29, 1.82) is 0 Å². The second-order valence-electron chi connectivity index (χ2n) is 7.06. The molecule has 3 aliphatic rings. The van der Waals surface area contributed by atoms with Crippen molar-refractivity contribution in [3.05, 3.63) is 17.2 Å². The number of hydrogen-bond donors (Lipinski definition) is 1. The van der Waals surface area contributed by atoms with Gasteiger partial charge in [0.2, 0.25) is 0 Å². The Morgan fingerprint density at radius 2 is 2.17 bits per heavy atom. The van der Waals surface area contributed by atoms with Crippen LogP contribution in [0.15, 0.2) is 0 Å². The lowest BCUT2D eigenvalue weighted by molar-refractivity contribution is 0.474. The average molecular weight is 245 g/mol. The largest absolute Gasteiger partial charge is 0.331 e. The summed E-state index contributed by atoms with van der Waals surface area (Å²) in [5.41, 5.74) is 3.45. The fourth-order valence-electron chi connectivity index (χ4n) is 3.36. The van der Waals surface area contributed by atoms with E-state index in [4.69, 9.17) is 4.98 Å². The standard InChI is InChI=1S/C15H23N3/c1-15(2)7-11(15)9-18-13-5-6-16-8-12(13)17-14(18)10-3-4-10/h10-11,16H,3-9H2,1-2H3. The first-order valence-corrected chi connectivity index (χ1v) is 7.44. The highest BCUT2D eigenvalue weighted by Crippen LogP contribution is 2.53. The van der Waals surface area contributed by atoms with Crippen LogP contribution in [0.4, 0.5) is 0 Å². The molecule has 2 heterocycles. The van der Waals surface area contributed by atoms with Crippen LogP contribution in [0.25, 0.3) is 0 Å². The van der Waals surface area contributed by atoms with Crippen LogP contribution in [0.2, 0.25) is 0 Å². The van der Waals surface area contributed by atoms with Gasteiger partial charge in [0.05, 0.1) is 5.69 Å². The number of hydrogen-bond acceptors (Lipinski definition) is 2. The van der Waals surface area contributed by atoms with E-state index in [1.807, 2.05) is 0 Å². The summed E-state index contributed by atoms with van der Waals surface area (Å²) >= 11 is 0. The Labute approximate surface area is 109 Å². The predicted molar refractivity (Wildman–Crippen MR) is 71.5 cm³/mol. The van der Waals surface area contributed by atoms with Gasteiger partial charge < -0.3 is 9.88 Å². The monoisotopic (exact) mass is 245 g/mol. The summed E-state index contributed by atoms with van der Waals surface area (Å²) in [6, 6.07) is 0. The zero-order chi connectivity index (χ0) is 12.3. The maximum atomic E-state index is 4.94. The van der Waals surface area contributed by atoms with E-state index < -0.39 is 0 Å². The third-order valence-corrected chi connectivity index (χ3v) is 5.08. The Balaban J connectivity index is 1.68. The highest BCUT2D eigenvalue weighted by Gasteiger charge is 2.46. The van der Waals surface area contributed by atoms with Crippen LogP contribution >= 0.6 is 0 Å². The molecule has 0 amide bonds. The fourth-order valence-corrected chi connectivity index (χ4v) is 3.36. The lowest BCUT2D eigenvalue weighted by Crippen LogP contribution is -2.25. The lowest BCUT2D eigenvalue weighted by Gasteiger charge is -2.17. The van der Waals surface area contributed by atoms with E-state index in [1.165, 1.54) is 43.7 Å². The predicted octanol–water partition coefficient (Wildman–Crippen LogP) is 2.45. The van der Waals surface area contributed by atoms with Crippen LogP contribution in [0.1, 0.15) is 56.2 Å². The summed E-state index contributed by atoms with van der Waals surface area (Å²) in [4.78, 5) is 4.94. The molecule has 1 unspecified atom stereocenters. The van der Waals surface area contributed by atoms with Gasteiger partial charge in [0.15, 0.2) is 0 Å². The van der Waals surface area contributed by atoms with Crippen LogP contribution in [0.3, 0.4) is 0 Å². The van der Waals surface area contributed by atoms with Gasteiger partial charge in [-0.2, -0.15) is 0 Å². The Kier molecular flexibility index (Phi) is 2.20. The van der Waals surface area contributed by atoms with Crippen LogP contribution in [-0.4, -0.2) is 16.1 Å². The normalized spacial score (nSPS) is 29.1. The third kappa shape index (κ3) is 1.71. The number of nitrogens with one attached hydrogen (secondary N) is 1. The lowest BCUT2D eigenvalue weighted by atomic mass is 10.1. The molecule has 4 rings (SSSR count). The molecule has 1 N–H and O–H groups in total. The maximum absolute atomic E-state index is 4.94. The van der Waals surface area contributed by atoms with Gasteiger partial charge >= 0.3 is 0 Å². The first-order chi connectivity index (χ1) is 8.65. The zero-order valence-corrected chi connectivity index (χ0v) is 11.5. The van der Waals surface area contributed by atoms with Gasteiger partial charge in [0.25, 0.3) is 0 Å². The molecule has 2 fully saturated rings. The maximum Gasteiger partial charge on any atom is 0.112 e. The number of imidazole rings is 1. The molecule has 0 radical (unpaired) electrons. The number of rotatable bonds is 3. The minimum atomic E-state index is 0.574. The molecule has 0 bridgehead atoms. The van der Waals surface area contributed by atoms with Crippen molar-refractivity contribution >= 4 is 0 Å². The van der Waals surface area contributed by atoms with Crippen molar-refractivity contribution in [3.8, 4) is 0 Å². The van der Waals surface area contributed by atoms with Gasteiger partial charge in [0.1, 0.15) is 5.82 Å². The van der Waals surface area contributed by atoms with E-state index in [0.717, 1.165) is 24.9 Å². The van der Waals surface area contributed by atoms with Crippen LogP contribution in [0.5, 0.6) is 0 Å². The van der Waals surface area contributed by atoms with Crippen molar-refractivity contribution in [1.82, 2.24) is 14.9 Å². The number of fused-ring (bicyclic) bond motifs is 1. The molecular formula is C15H23N3. The Morgan fingerprint density at radius 1 is 1.39 bits per heavy atom. The topological polar surface area (TPSA) is 29.9 Å². The quantitative estimate of drug-likeness (QED) is 0.886. The molecule has 1 aliphatic heterocycles. The van der Waals surface area contributed by atoms with Crippen molar-refractivity contribution < 1.29 is 0 Å². The van der Waals surface area contributed by atoms with Crippen LogP contribution in [-0.2, 0) is 19.5 Å². The number of aromatic nitrogens is 2. The summed E-state index contributed by atoms with van der Waals surface area (Å²) in [7, 11) is 0. The summed E-state index contributed by atoms with van der Waals surface area (Å²) in [5, 5.41) is 3.45. The average Bonchev–Trinajstić information content (AvgIpc) is 3.23. The molecule has 0 saturated heterocycles. The van der Waals surface area contributed by atoms with Crippen LogP contribution < -0.4 is 5.32 Å². The SMILES string of the molecule is CC1(C)CC1Cn1c(C2CC2)nc2c1CCNC2.